The van der Waals surface area contributed by atoms with E-state index in [0.717, 1.165) is 6.42 Å². The van der Waals surface area contributed by atoms with Gasteiger partial charge in [-0.05, 0) is 18.6 Å². The van der Waals surface area contributed by atoms with Crippen LogP contribution in [0.4, 0.5) is 0 Å². The lowest BCUT2D eigenvalue weighted by Crippen LogP contribution is -2.13. The number of thioether (sulfide) groups is 1. The minimum atomic E-state index is -0.942. The maximum absolute atomic E-state index is 10.4. The summed E-state index contributed by atoms with van der Waals surface area (Å²) in [5, 5.41) is 12.9. The summed E-state index contributed by atoms with van der Waals surface area (Å²) in [6.07, 6.45) is 4.33. The van der Waals surface area contributed by atoms with Crippen molar-refractivity contribution in [2.45, 2.75) is 37.4 Å². The highest BCUT2D eigenvalue weighted by Crippen LogP contribution is 2.27. The zero-order chi connectivity index (χ0) is 11.4. The van der Waals surface area contributed by atoms with Gasteiger partial charge in [0.2, 0.25) is 5.89 Å². The molecule has 0 bridgehead atoms. The highest BCUT2D eigenvalue weighted by molar-refractivity contribution is 7.99. The van der Waals surface area contributed by atoms with Gasteiger partial charge in [-0.2, -0.15) is 16.7 Å². The van der Waals surface area contributed by atoms with Gasteiger partial charge in [0, 0.05) is 11.7 Å². The fourth-order valence-corrected chi connectivity index (χ4v) is 3.05. The molecule has 1 N–H and O–H groups in total. The zero-order valence-corrected chi connectivity index (χ0v) is 9.70. The Hall–Kier alpha value is -1.04. The Bertz CT molecular complexity index is 361. The number of carboxylic acid groups (broad SMARTS) is 1. The lowest BCUT2D eigenvalue weighted by molar-refractivity contribution is -0.136. The van der Waals surface area contributed by atoms with Gasteiger partial charge in [-0.3, -0.25) is 4.79 Å². The summed E-state index contributed by atoms with van der Waals surface area (Å²) in [4.78, 5) is 14.5. The van der Waals surface area contributed by atoms with Crippen molar-refractivity contribution in [3.8, 4) is 0 Å². The predicted molar refractivity (Wildman–Crippen MR) is 59.4 cm³/mol. The van der Waals surface area contributed by atoms with Gasteiger partial charge in [0.25, 0.3) is 0 Å². The number of rotatable bonds is 4. The molecule has 5 nitrogen and oxygen atoms in total. The molecule has 1 atom stereocenters. The average molecular weight is 242 g/mol. The smallest absolute Gasteiger partial charge is 0.312 e. The summed E-state index contributed by atoms with van der Waals surface area (Å²) >= 11 is 1.94. The first-order chi connectivity index (χ1) is 7.74. The Morgan fingerprint density at radius 2 is 2.44 bits per heavy atom. The van der Waals surface area contributed by atoms with Crippen LogP contribution in [0.1, 0.15) is 31.0 Å². The largest absolute Gasteiger partial charge is 0.481 e. The van der Waals surface area contributed by atoms with E-state index in [1.54, 1.807) is 0 Å². The number of aliphatic carboxylic acids is 1. The van der Waals surface area contributed by atoms with Gasteiger partial charge in [-0.1, -0.05) is 11.6 Å². The molecule has 88 valence electrons. The standard InChI is InChI=1S/C10H14N2O3S/c13-10(14)6-9-11-8(12-15-9)5-7-3-1-2-4-16-7/h7H,1-6H2,(H,13,14). The minimum absolute atomic E-state index is 0.190. The molecule has 2 heterocycles. The molecule has 6 heteroatoms. The Morgan fingerprint density at radius 3 is 3.12 bits per heavy atom. The third-order valence-electron chi connectivity index (χ3n) is 2.50. The van der Waals surface area contributed by atoms with E-state index in [9.17, 15) is 4.79 Å². The van der Waals surface area contributed by atoms with Gasteiger partial charge in [0.1, 0.15) is 6.42 Å². The van der Waals surface area contributed by atoms with Crippen LogP contribution >= 0.6 is 11.8 Å². The van der Waals surface area contributed by atoms with E-state index in [1.807, 2.05) is 11.8 Å². The number of carboxylic acids is 1. The van der Waals surface area contributed by atoms with Gasteiger partial charge in [-0.25, -0.2) is 0 Å². The Kier molecular flexibility index (Phi) is 3.82. The Balaban J connectivity index is 1.88. The molecule has 0 aliphatic carbocycles. The van der Waals surface area contributed by atoms with Crippen LogP contribution in [0.5, 0.6) is 0 Å². The molecule has 1 aromatic heterocycles. The summed E-state index contributed by atoms with van der Waals surface area (Å²) in [5.74, 6) is 1.09. The predicted octanol–water partition coefficient (Wildman–Crippen LogP) is 1.52. The first kappa shape index (κ1) is 11.4. The van der Waals surface area contributed by atoms with Gasteiger partial charge >= 0.3 is 5.97 Å². The lowest BCUT2D eigenvalue weighted by atomic mass is 10.1. The second-order valence-corrected chi connectivity index (χ2v) is 5.28. The second kappa shape index (κ2) is 5.34. The van der Waals surface area contributed by atoms with E-state index in [2.05, 4.69) is 10.1 Å². The van der Waals surface area contributed by atoms with Crippen molar-refractivity contribution in [3.63, 3.8) is 0 Å². The second-order valence-electron chi connectivity index (χ2n) is 3.87. The third kappa shape index (κ3) is 3.23. The zero-order valence-electron chi connectivity index (χ0n) is 8.89. The molecule has 1 aromatic rings. The molecule has 1 fully saturated rings. The van der Waals surface area contributed by atoms with E-state index < -0.39 is 5.97 Å². The molecule has 1 saturated heterocycles. The van der Waals surface area contributed by atoms with Gasteiger partial charge < -0.3 is 9.63 Å². The Labute approximate surface area is 97.6 Å². The van der Waals surface area contributed by atoms with Crippen LogP contribution in [-0.2, 0) is 17.6 Å². The quantitative estimate of drug-likeness (QED) is 0.862. The lowest BCUT2D eigenvalue weighted by Gasteiger charge is -2.19. The van der Waals surface area contributed by atoms with Crippen molar-refractivity contribution in [1.29, 1.82) is 0 Å². The Morgan fingerprint density at radius 1 is 1.56 bits per heavy atom. The van der Waals surface area contributed by atoms with Crippen molar-refractivity contribution < 1.29 is 14.4 Å². The van der Waals surface area contributed by atoms with Crippen LogP contribution in [0, 0.1) is 0 Å². The molecule has 1 aliphatic rings. The first-order valence-electron chi connectivity index (χ1n) is 5.39. The number of aromatic nitrogens is 2. The molecular weight excluding hydrogens is 228 g/mol. The highest BCUT2D eigenvalue weighted by Gasteiger charge is 2.18. The first-order valence-corrected chi connectivity index (χ1v) is 6.44. The van der Waals surface area contributed by atoms with Gasteiger partial charge in [0.05, 0.1) is 0 Å². The van der Waals surface area contributed by atoms with E-state index in [0.29, 0.717) is 11.1 Å². The van der Waals surface area contributed by atoms with Crippen LogP contribution in [0.2, 0.25) is 0 Å². The average Bonchev–Trinajstić information content (AvgIpc) is 2.66. The van der Waals surface area contributed by atoms with Crippen molar-refractivity contribution in [3.05, 3.63) is 11.7 Å². The SMILES string of the molecule is O=C(O)Cc1nc(CC2CCCCS2)no1. The molecule has 0 radical (unpaired) electrons. The van der Waals surface area contributed by atoms with Crippen LogP contribution in [0.3, 0.4) is 0 Å². The molecule has 0 saturated carbocycles. The molecule has 1 aliphatic heterocycles. The highest BCUT2D eigenvalue weighted by atomic mass is 32.2. The molecule has 1 unspecified atom stereocenters. The number of hydrogen-bond acceptors (Lipinski definition) is 5. The fourth-order valence-electron chi connectivity index (χ4n) is 1.75. The van der Waals surface area contributed by atoms with E-state index in [4.69, 9.17) is 9.63 Å². The summed E-state index contributed by atoms with van der Waals surface area (Å²) in [7, 11) is 0. The van der Waals surface area contributed by atoms with Crippen LogP contribution in [0.25, 0.3) is 0 Å². The monoisotopic (exact) mass is 242 g/mol. The van der Waals surface area contributed by atoms with Crippen molar-refractivity contribution >= 4 is 17.7 Å². The number of hydrogen-bond donors (Lipinski definition) is 1. The van der Waals surface area contributed by atoms with Crippen LogP contribution in [0.15, 0.2) is 4.52 Å². The third-order valence-corrected chi connectivity index (χ3v) is 3.89. The fraction of sp³-hybridized carbons (Fsp3) is 0.700. The number of carbonyl (C=O) groups is 1. The molecule has 0 amide bonds. The summed E-state index contributed by atoms with van der Waals surface area (Å²) in [6, 6.07) is 0. The van der Waals surface area contributed by atoms with Crippen molar-refractivity contribution in [2.24, 2.45) is 0 Å². The van der Waals surface area contributed by atoms with E-state index in [-0.39, 0.29) is 12.3 Å². The van der Waals surface area contributed by atoms with Crippen molar-refractivity contribution in [2.75, 3.05) is 5.75 Å². The topological polar surface area (TPSA) is 76.2 Å². The van der Waals surface area contributed by atoms with E-state index in [1.165, 1.54) is 25.0 Å². The molecule has 0 spiro atoms. The van der Waals surface area contributed by atoms with Gasteiger partial charge in [-0.15, -0.1) is 0 Å². The van der Waals surface area contributed by atoms with Crippen LogP contribution in [-0.4, -0.2) is 32.2 Å². The minimum Gasteiger partial charge on any atom is -0.481 e. The van der Waals surface area contributed by atoms with E-state index >= 15 is 0 Å². The van der Waals surface area contributed by atoms with Crippen LogP contribution < -0.4 is 0 Å². The maximum Gasteiger partial charge on any atom is 0.312 e. The van der Waals surface area contributed by atoms with Crippen molar-refractivity contribution in [1.82, 2.24) is 10.1 Å². The summed E-state index contributed by atoms with van der Waals surface area (Å²) in [6.45, 7) is 0. The molecule has 16 heavy (non-hydrogen) atoms. The van der Waals surface area contributed by atoms with Gasteiger partial charge in [0.15, 0.2) is 5.82 Å². The normalized spacial score (nSPS) is 20.9. The summed E-state index contributed by atoms with van der Waals surface area (Å²) < 4.78 is 4.87. The molecular formula is C10H14N2O3S. The molecule has 0 aromatic carbocycles. The summed E-state index contributed by atoms with van der Waals surface area (Å²) in [5.41, 5.74) is 0. The maximum atomic E-state index is 10.4. The molecule has 2 rings (SSSR count). The number of nitrogens with zero attached hydrogens (tertiary/aromatic N) is 2.